The minimum absolute atomic E-state index is 0.278. The SMILES string of the molecule is Cc1nn(C)c(Cl)c1CNCC1(N(C)C)CCCC(C)C1. The van der Waals surface area contributed by atoms with Crippen molar-refractivity contribution in [3.05, 3.63) is 16.4 Å². The second kappa shape index (κ2) is 6.67. The molecule has 1 aliphatic rings. The molecule has 1 aromatic heterocycles. The summed E-state index contributed by atoms with van der Waals surface area (Å²) in [7, 11) is 6.31. The zero-order chi connectivity index (χ0) is 15.6. The van der Waals surface area contributed by atoms with Crippen LogP contribution in [0.2, 0.25) is 5.15 Å². The Labute approximate surface area is 133 Å². The maximum atomic E-state index is 6.31. The Bertz CT molecular complexity index is 483. The van der Waals surface area contributed by atoms with Gasteiger partial charge in [-0.1, -0.05) is 31.4 Å². The van der Waals surface area contributed by atoms with Crippen LogP contribution in [0.25, 0.3) is 0 Å². The first-order chi connectivity index (χ1) is 9.85. The number of nitrogens with zero attached hydrogens (tertiary/aromatic N) is 3. The van der Waals surface area contributed by atoms with Gasteiger partial charge in [0, 0.05) is 31.2 Å². The molecule has 2 atom stereocenters. The fourth-order valence-corrected chi connectivity index (χ4v) is 3.89. The van der Waals surface area contributed by atoms with Gasteiger partial charge < -0.3 is 10.2 Å². The van der Waals surface area contributed by atoms with E-state index in [-0.39, 0.29) is 5.54 Å². The molecule has 120 valence electrons. The molecule has 0 aromatic carbocycles. The molecule has 2 unspecified atom stereocenters. The summed E-state index contributed by atoms with van der Waals surface area (Å²) in [4.78, 5) is 2.41. The van der Waals surface area contributed by atoms with Crippen LogP contribution in [0, 0.1) is 12.8 Å². The number of hydrogen-bond acceptors (Lipinski definition) is 3. The van der Waals surface area contributed by atoms with Gasteiger partial charge in [-0.15, -0.1) is 0 Å². The average molecular weight is 313 g/mol. The highest BCUT2D eigenvalue weighted by Crippen LogP contribution is 2.35. The van der Waals surface area contributed by atoms with Crippen LogP contribution in [0.3, 0.4) is 0 Å². The molecule has 2 rings (SSSR count). The highest BCUT2D eigenvalue weighted by atomic mass is 35.5. The predicted octanol–water partition coefficient (Wildman–Crippen LogP) is 2.98. The molecule has 1 heterocycles. The molecule has 1 saturated carbocycles. The van der Waals surface area contributed by atoms with Crippen molar-refractivity contribution < 1.29 is 0 Å². The summed E-state index contributed by atoms with van der Waals surface area (Å²) in [6, 6.07) is 0. The van der Waals surface area contributed by atoms with E-state index in [9.17, 15) is 0 Å². The molecular weight excluding hydrogens is 284 g/mol. The highest BCUT2D eigenvalue weighted by Gasteiger charge is 2.36. The molecule has 0 radical (unpaired) electrons. The standard InChI is InChI=1S/C16H29ClN4/c1-12-7-6-8-16(9-12,20(3)4)11-18-10-14-13(2)19-21(5)15(14)17/h12,18H,6-11H2,1-5H3. The van der Waals surface area contributed by atoms with Crippen molar-refractivity contribution in [2.75, 3.05) is 20.6 Å². The number of nitrogens with one attached hydrogen (secondary N) is 1. The zero-order valence-corrected chi connectivity index (χ0v) is 14.8. The van der Waals surface area contributed by atoms with Crippen molar-refractivity contribution in [1.29, 1.82) is 0 Å². The Morgan fingerprint density at radius 1 is 1.48 bits per heavy atom. The molecule has 21 heavy (non-hydrogen) atoms. The van der Waals surface area contributed by atoms with Gasteiger partial charge in [-0.3, -0.25) is 4.68 Å². The Morgan fingerprint density at radius 3 is 2.71 bits per heavy atom. The number of likely N-dealkylation sites (N-methyl/N-ethyl adjacent to an activating group) is 1. The zero-order valence-electron chi connectivity index (χ0n) is 14.0. The van der Waals surface area contributed by atoms with Gasteiger partial charge in [0.15, 0.2) is 0 Å². The molecule has 0 amide bonds. The molecule has 0 bridgehead atoms. The van der Waals surface area contributed by atoms with Gasteiger partial charge in [0.1, 0.15) is 5.15 Å². The second-order valence-electron chi connectivity index (χ2n) is 6.90. The van der Waals surface area contributed by atoms with Crippen LogP contribution in [0.4, 0.5) is 0 Å². The molecule has 0 aliphatic heterocycles. The first kappa shape index (κ1) is 16.8. The third-order valence-corrected chi connectivity index (χ3v) is 5.51. The summed E-state index contributed by atoms with van der Waals surface area (Å²) in [6.45, 7) is 6.20. The van der Waals surface area contributed by atoms with Crippen molar-refractivity contribution in [1.82, 2.24) is 20.0 Å². The van der Waals surface area contributed by atoms with Gasteiger partial charge in [-0.05, 0) is 39.8 Å². The van der Waals surface area contributed by atoms with Gasteiger partial charge in [0.05, 0.1) is 5.69 Å². The quantitative estimate of drug-likeness (QED) is 0.907. The number of aryl methyl sites for hydroxylation is 2. The molecule has 0 spiro atoms. The van der Waals surface area contributed by atoms with E-state index >= 15 is 0 Å². The Hall–Kier alpha value is -0.580. The lowest BCUT2D eigenvalue weighted by Gasteiger charge is -2.45. The average Bonchev–Trinajstić information content (AvgIpc) is 2.65. The molecule has 1 fully saturated rings. The third kappa shape index (κ3) is 3.61. The number of aromatic nitrogens is 2. The lowest BCUT2D eigenvalue weighted by atomic mass is 9.75. The van der Waals surface area contributed by atoms with Crippen LogP contribution in [-0.2, 0) is 13.6 Å². The number of hydrogen-bond donors (Lipinski definition) is 1. The van der Waals surface area contributed by atoms with E-state index in [1.165, 1.54) is 25.7 Å². The fourth-order valence-electron chi connectivity index (χ4n) is 3.65. The van der Waals surface area contributed by atoms with Crippen LogP contribution in [0.5, 0.6) is 0 Å². The van der Waals surface area contributed by atoms with Gasteiger partial charge in [-0.25, -0.2) is 0 Å². The summed E-state index contributed by atoms with van der Waals surface area (Å²) in [5.74, 6) is 0.812. The van der Waals surface area contributed by atoms with Crippen LogP contribution in [-0.4, -0.2) is 40.9 Å². The first-order valence-electron chi connectivity index (χ1n) is 7.92. The van der Waals surface area contributed by atoms with Gasteiger partial charge in [0.25, 0.3) is 0 Å². The monoisotopic (exact) mass is 312 g/mol. The summed E-state index contributed by atoms with van der Waals surface area (Å²) in [5.41, 5.74) is 2.42. The summed E-state index contributed by atoms with van der Waals surface area (Å²) in [5, 5.41) is 8.75. The number of halogens is 1. The molecule has 1 aliphatic carbocycles. The lowest BCUT2D eigenvalue weighted by Crippen LogP contribution is -2.54. The van der Waals surface area contributed by atoms with Gasteiger partial charge >= 0.3 is 0 Å². The minimum atomic E-state index is 0.278. The van der Waals surface area contributed by atoms with Crippen molar-refractivity contribution in [3.8, 4) is 0 Å². The van der Waals surface area contributed by atoms with E-state index in [0.717, 1.165) is 35.4 Å². The summed E-state index contributed by atoms with van der Waals surface area (Å²) < 4.78 is 1.75. The minimum Gasteiger partial charge on any atom is -0.311 e. The van der Waals surface area contributed by atoms with Gasteiger partial charge in [-0.2, -0.15) is 5.10 Å². The van der Waals surface area contributed by atoms with Crippen LogP contribution in [0.15, 0.2) is 0 Å². The molecule has 1 N–H and O–H groups in total. The highest BCUT2D eigenvalue weighted by molar-refractivity contribution is 6.30. The van der Waals surface area contributed by atoms with Crippen molar-refractivity contribution in [2.24, 2.45) is 13.0 Å². The van der Waals surface area contributed by atoms with Crippen molar-refractivity contribution in [2.45, 2.75) is 51.6 Å². The van der Waals surface area contributed by atoms with E-state index < -0.39 is 0 Å². The van der Waals surface area contributed by atoms with Crippen molar-refractivity contribution in [3.63, 3.8) is 0 Å². The Morgan fingerprint density at radius 2 is 2.19 bits per heavy atom. The van der Waals surface area contributed by atoms with Crippen molar-refractivity contribution >= 4 is 11.6 Å². The summed E-state index contributed by atoms with van der Waals surface area (Å²) in [6.07, 6.45) is 5.24. The van der Waals surface area contributed by atoms with Crippen LogP contribution >= 0.6 is 11.6 Å². The molecular formula is C16H29ClN4. The maximum absolute atomic E-state index is 6.31. The van der Waals surface area contributed by atoms with E-state index in [1.54, 1.807) is 4.68 Å². The number of rotatable bonds is 5. The topological polar surface area (TPSA) is 33.1 Å². The second-order valence-corrected chi connectivity index (χ2v) is 7.26. The summed E-state index contributed by atoms with van der Waals surface area (Å²) >= 11 is 6.31. The van der Waals surface area contributed by atoms with E-state index in [0.29, 0.717) is 0 Å². The van der Waals surface area contributed by atoms with Crippen LogP contribution < -0.4 is 5.32 Å². The largest absolute Gasteiger partial charge is 0.311 e. The fraction of sp³-hybridized carbons (Fsp3) is 0.812. The normalized spacial score (nSPS) is 26.5. The lowest BCUT2D eigenvalue weighted by molar-refractivity contribution is 0.0749. The maximum Gasteiger partial charge on any atom is 0.131 e. The predicted molar refractivity (Wildman–Crippen MR) is 88.7 cm³/mol. The third-order valence-electron chi connectivity index (χ3n) is 5.04. The van der Waals surface area contributed by atoms with Gasteiger partial charge in [0.2, 0.25) is 0 Å². The Kier molecular flexibility index (Phi) is 5.33. The van der Waals surface area contributed by atoms with E-state index in [4.69, 9.17) is 11.6 Å². The van der Waals surface area contributed by atoms with E-state index in [2.05, 4.69) is 36.3 Å². The molecule has 4 nitrogen and oxygen atoms in total. The smallest absolute Gasteiger partial charge is 0.131 e. The Balaban J connectivity index is 2.00. The van der Waals surface area contributed by atoms with Crippen LogP contribution in [0.1, 0.15) is 43.9 Å². The molecule has 0 saturated heterocycles. The molecule has 1 aromatic rings. The van der Waals surface area contributed by atoms with E-state index in [1.807, 2.05) is 14.0 Å². The first-order valence-corrected chi connectivity index (χ1v) is 8.29. The molecule has 5 heteroatoms.